The Bertz CT molecular complexity index is 232. The Morgan fingerprint density at radius 2 is 2.29 bits per heavy atom. The third-order valence-electron chi connectivity index (χ3n) is 3.08. The SMILES string of the molecule is CCCCCCC=CC(=O)NCC1CCOC1. The van der Waals surface area contributed by atoms with Crippen molar-refractivity contribution in [3.8, 4) is 0 Å². The van der Waals surface area contributed by atoms with Crippen molar-refractivity contribution in [2.75, 3.05) is 19.8 Å². The predicted octanol–water partition coefficient (Wildman–Crippen LogP) is 2.67. The van der Waals surface area contributed by atoms with Crippen LogP contribution in [-0.2, 0) is 9.53 Å². The molecule has 1 heterocycles. The molecule has 1 atom stereocenters. The van der Waals surface area contributed by atoms with Crippen LogP contribution in [0.2, 0.25) is 0 Å². The second kappa shape index (κ2) is 9.23. The number of rotatable bonds is 8. The predicted molar refractivity (Wildman–Crippen MR) is 69.8 cm³/mol. The van der Waals surface area contributed by atoms with Crippen LogP contribution in [0.4, 0.5) is 0 Å². The van der Waals surface area contributed by atoms with E-state index in [2.05, 4.69) is 12.2 Å². The van der Waals surface area contributed by atoms with Crippen LogP contribution in [0.3, 0.4) is 0 Å². The molecule has 17 heavy (non-hydrogen) atoms. The molecule has 1 aliphatic rings. The van der Waals surface area contributed by atoms with Crippen molar-refractivity contribution < 1.29 is 9.53 Å². The number of amides is 1. The zero-order chi connectivity index (χ0) is 12.3. The first-order valence-corrected chi connectivity index (χ1v) is 6.85. The van der Waals surface area contributed by atoms with Gasteiger partial charge in [-0.15, -0.1) is 0 Å². The van der Waals surface area contributed by atoms with Crippen LogP contribution in [0, 0.1) is 5.92 Å². The van der Waals surface area contributed by atoms with E-state index in [-0.39, 0.29) is 5.91 Å². The lowest BCUT2D eigenvalue weighted by molar-refractivity contribution is -0.116. The summed E-state index contributed by atoms with van der Waals surface area (Å²) in [6.07, 6.45) is 10.7. The second-order valence-electron chi connectivity index (χ2n) is 4.73. The summed E-state index contributed by atoms with van der Waals surface area (Å²) in [5, 5.41) is 2.92. The van der Waals surface area contributed by atoms with Crippen molar-refractivity contribution in [2.24, 2.45) is 5.92 Å². The second-order valence-corrected chi connectivity index (χ2v) is 4.73. The van der Waals surface area contributed by atoms with Crippen LogP contribution < -0.4 is 5.32 Å². The van der Waals surface area contributed by atoms with Crippen LogP contribution in [-0.4, -0.2) is 25.7 Å². The third-order valence-corrected chi connectivity index (χ3v) is 3.08. The van der Waals surface area contributed by atoms with E-state index >= 15 is 0 Å². The molecule has 0 radical (unpaired) electrons. The maximum absolute atomic E-state index is 11.4. The maximum Gasteiger partial charge on any atom is 0.243 e. The van der Waals surface area contributed by atoms with Crippen LogP contribution in [0.25, 0.3) is 0 Å². The van der Waals surface area contributed by atoms with Gasteiger partial charge in [-0.2, -0.15) is 0 Å². The van der Waals surface area contributed by atoms with Crippen molar-refractivity contribution in [3.63, 3.8) is 0 Å². The van der Waals surface area contributed by atoms with Crippen LogP contribution in [0.5, 0.6) is 0 Å². The van der Waals surface area contributed by atoms with Crippen molar-refractivity contribution in [1.29, 1.82) is 0 Å². The van der Waals surface area contributed by atoms with Gasteiger partial charge in [0.1, 0.15) is 0 Å². The molecule has 3 heteroatoms. The zero-order valence-electron chi connectivity index (χ0n) is 10.9. The highest BCUT2D eigenvalue weighted by Gasteiger charge is 2.15. The molecule has 3 nitrogen and oxygen atoms in total. The largest absolute Gasteiger partial charge is 0.381 e. The molecule has 0 aliphatic carbocycles. The molecule has 1 unspecified atom stereocenters. The fraction of sp³-hybridized carbons (Fsp3) is 0.786. The summed E-state index contributed by atoms with van der Waals surface area (Å²) in [5.74, 6) is 0.546. The molecule has 0 spiro atoms. The minimum absolute atomic E-state index is 0.0346. The number of hydrogen-bond donors (Lipinski definition) is 1. The number of carbonyl (C=O) groups excluding carboxylic acids is 1. The van der Waals surface area contributed by atoms with E-state index in [0.717, 1.165) is 32.6 Å². The van der Waals surface area contributed by atoms with Gasteiger partial charge in [-0.05, 0) is 25.3 Å². The van der Waals surface area contributed by atoms with E-state index in [9.17, 15) is 4.79 Å². The molecule has 0 bridgehead atoms. The van der Waals surface area contributed by atoms with Crippen LogP contribution in [0.15, 0.2) is 12.2 Å². The minimum Gasteiger partial charge on any atom is -0.381 e. The van der Waals surface area contributed by atoms with E-state index in [0.29, 0.717) is 5.92 Å². The van der Waals surface area contributed by atoms with Crippen molar-refractivity contribution in [1.82, 2.24) is 5.32 Å². The fourth-order valence-electron chi connectivity index (χ4n) is 1.93. The molecule has 0 aromatic carbocycles. The Morgan fingerprint density at radius 3 is 3.00 bits per heavy atom. The van der Waals surface area contributed by atoms with Gasteiger partial charge < -0.3 is 10.1 Å². The number of hydrogen-bond acceptors (Lipinski definition) is 2. The highest BCUT2D eigenvalue weighted by atomic mass is 16.5. The van der Waals surface area contributed by atoms with E-state index in [1.165, 1.54) is 25.7 Å². The number of unbranched alkanes of at least 4 members (excludes halogenated alkanes) is 4. The molecule has 1 fully saturated rings. The molecule has 98 valence electrons. The first-order chi connectivity index (χ1) is 8.33. The molecule has 1 aliphatic heterocycles. The lowest BCUT2D eigenvalue weighted by atomic mass is 10.1. The smallest absolute Gasteiger partial charge is 0.243 e. The van der Waals surface area contributed by atoms with Crippen molar-refractivity contribution in [2.45, 2.75) is 45.4 Å². The molecule has 1 N–H and O–H groups in total. The number of nitrogens with one attached hydrogen (secondary N) is 1. The average molecular weight is 239 g/mol. The molecule has 0 aromatic heterocycles. The Balaban J connectivity index is 1.97. The fourth-order valence-corrected chi connectivity index (χ4v) is 1.93. The molecule has 1 saturated heterocycles. The lowest BCUT2D eigenvalue weighted by Gasteiger charge is -2.07. The highest BCUT2D eigenvalue weighted by molar-refractivity contribution is 5.87. The quantitative estimate of drug-likeness (QED) is 0.522. The Kier molecular flexibility index (Phi) is 7.72. The van der Waals surface area contributed by atoms with Gasteiger partial charge in [-0.25, -0.2) is 0 Å². The van der Waals surface area contributed by atoms with Crippen molar-refractivity contribution in [3.05, 3.63) is 12.2 Å². The molecule has 1 amide bonds. The van der Waals surface area contributed by atoms with Gasteiger partial charge in [0.05, 0.1) is 6.61 Å². The summed E-state index contributed by atoms with van der Waals surface area (Å²) in [6.45, 7) is 4.59. The Hall–Kier alpha value is -0.830. The van der Waals surface area contributed by atoms with E-state index in [1.54, 1.807) is 6.08 Å². The summed E-state index contributed by atoms with van der Waals surface area (Å²) in [7, 11) is 0. The molecule has 0 aromatic rings. The topological polar surface area (TPSA) is 38.3 Å². The summed E-state index contributed by atoms with van der Waals surface area (Å²) >= 11 is 0. The maximum atomic E-state index is 11.4. The monoisotopic (exact) mass is 239 g/mol. The molecular formula is C14H25NO2. The van der Waals surface area contributed by atoms with Crippen molar-refractivity contribution >= 4 is 5.91 Å². The van der Waals surface area contributed by atoms with Gasteiger partial charge >= 0.3 is 0 Å². The normalized spacial score (nSPS) is 19.9. The molecule has 0 saturated carbocycles. The van der Waals surface area contributed by atoms with Crippen LogP contribution >= 0.6 is 0 Å². The van der Waals surface area contributed by atoms with Gasteiger partial charge in [-0.1, -0.05) is 32.3 Å². The Morgan fingerprint density at radius 1 is 1.41 bits per heavy atom. The highest BCUT2D eigenvalue weighted by Crippen LogP contribution is 2.10. The van der Waals surface area contributed by atoms with Crippen LogP contribution in [0.1, 0.15) is 45.4 Å². The van der Waals surface area contributed by atoms with Gasteiger partial charge in [0, 0.05) is 19.1 Å². The van der Waals surface area contributed by atoms with Gasteiger partial charge in [0.25, 0.3) is 0 Å². The first-order valence-electron chi connectivity index (χ1n) is 6.85. The number of allylic oxidation sites excluding steroid dienone is 1. The third kappa shape index (κ3) is 7.16. The summed E-state index contributed by atoms with van der Waals surface area (Å²) < 4.78 is 5.26. The summed E-state index contributed by atoms with van der Waals surface area (Å²) in [4.78, 5) is 11.4. The minimum atomic E-state index is 0.0346. The number of carbonyl (C=O) groups is 1. The lowest BCUT2D eigenvalue weighted by Crippen LogP contribution is -2.27. The average Bonchev–Trinajstić information content (AvgIpc) is 2.84. The van der Waals surface area contributed by atoms with Gasteiger partial charge in [-0.3, -0.25) is 4.79 Å². The summed E-state index contributed by atoms with van der Waals surface area (Å²) in [6, 6.07) is 0. The van der Waals surface area contributed by atoms with Gasteiger partial charge in [0.15, 0.2) is 0 Å². The molecular weight excluding hydrogens is 214 g/mol. The van der Waals surface area contributed by atoms with Gasteiger partial charge in [0.2, 0.25) is 5.91 Å². The van der Waals surface area contributed by atoms with E-state index in [4.69, 9.17) is 4.74 Å². The summed E-state index contributed by atoms with van der Waals surface area (Å²) in [5.41, 5.74) is 0. The number of ether oxygens (including phenoxy) is 1. The van der Waals surface area contributed by atoms with E-state index in [1.807, 2.05) is 6.08 Å². The standard InChI is InChI=1S/C14H25NO2/c1-2-3-4-5-6-7-8-14(16)15-11-13-9-10-17-12-13/h7-8,13H,2-6,9-12H2,1H3,(H,15,16). The first kappa shape index (κ1) is 14.2. The zero-order valence-corrected chi connectivity index (χ0v) is 10.9. The Labute approximate surface area is 105 Å². The van der Waals surface area contributed by atoms with E-state index < -0.39 is 0 Å². The molecule has 1 rings (SSSR count).